The van der Waals surface area contributed by atoms with Gasteiger partial charge in [0.2, 0.25) is 5.91 Å². The molecule has 0 unspecified atom stereocenters. The summed E-state index contributed by atoms with van der Waals surface area (Å²) in [5.74, 6) is -0.627. The Labute approximate surface area is 237 Å². The lowest BCUT2D eigenvalue weighted by atomic mass is 9.94. The van der Waals surface area contributed by atoms with E-state index in [4.69, 9.17) is 4.74 Å². The van der Waals surface area contributed by atoms with Gasteiger partial charge in [-0.15, -0.1) is 0 Å². The van der Waals surface area contributed by atoms with Gasteiger partial charge < -0.3 is 19.5 Å². The number of benzene rings is 1. The van der Waals surface area contributed by atoms with Crippen molar-refractivity contribution in [3.8, 4) is 11.1 Å². The fourth-order valence-corrected chi connectivity index (χ4v) is 4.91. The van der Waals surface area contributed by atoms with Gasteiger partial charge in [0.25, 0.3) is 5.56 Å². The molecule has 0 bridgehead atoms. The Hall–Kier alpha value is -3.78. The van der Waals surface area contributed by atoms with Crippen molar-refractivity contribution in [2.45, 2.75) is 59.0 Å². The number of amides is 1. The van der Waals surface area contributed by atoms with Crippen molar-refractivity contribution in [2.75, 3.05) is 27.7 Å². The summed E-state index contributed by atoms with van der Waals surface area (Å²) in [5.41, 5.74) is 5.58. The second kappa shape index (κ2) is 14.0. The average Bonchev–Trinajstić information content (AvgIpc) is 2.90. The zero-order valence-corrected chi connectivity index (χ0v) is 24.7. The molecule has 0 radical (unpaired) electrons. The largest absolute Gasteiger partial charge is 0.469 e. The summed E-state index contributed by atoms with van der Waals surface area (Å²) in [6, 6.07) is 10.2. The molecule has 2 heterocycles. The normalized spacial score (nSPS) is 12.8. The maximum atomic E-state index is 13.8. The molecule has 0 saturated carbocycles. The van der Waals surface area contributed by atoms with Gasteiger partial charge in [0, 0.05) is 36.8 Å². The predicted molar refractivity (Wildman–Crippen MR) is 158 cm³/mol. The highest BCUT2D eigenvalue weighted by molar-refractivity contribution is 5.82. The van der Waals surface area contributed by atoms with Crippen molar-refractivity contribution in [3.05, 3.63) is 87.6 Å². The molecule has 3 rings (SSSR count). The Morgan fingerprint density at radius 1 is 1.07 bits per heavy atom. The summed E-state index contributed by atoms with van der Waals surface area (Å²) in [6.07, 6.45) is 6.30. The fraction of sp³-hybridized carbons (Fsp3) is 0.438. The third-order valence-electron chi connectivity index (χ3n) is 7.04. The number of aromatic nitrogens is 2. The zero-order valence-electron chi connectivity index (χ0n) is 24.7. The first-order valence-electron chi connectivity index (χ1n) is 13.7. The molecule has 2 aromatic heterocycles. The summed E-state index contributed by atoms with van der Waals surface area (Å²) in [4.78, 5) is 45.9. The maximum Gasteiger partial charge on any atom is 0.307 e. The molecule has 0 aliphatic carbocycles. The van der Waals surface area contributed by atoms with Crippen molar-refractivity contribution in [2.24, 2.45) is 5.92 Å². The van der Waals surface area contributed by atoms with E-state index in [1.807, 2.05) is 72.1 Å². The van der Waals surface area contributed by atoms with E-state index in [2.05, 4.69) is 15.2 Å². The van der Waals surface area contributed by atoms with Crippen LogP contribution in [0.5, 0.6) is 0 Å². The van der Waals surface area contributed by atoms with Gasteiger partial charge in [-0.25, -0.2) is 0 Å². The van der Waals surface area contributed by atoms with Crippen LogP contribution in [0.1, 0.15) is 61.0 Å². The molecule has 1 N–H and O–H groups in total. The number of pyridine rings is 2. The second-order valence-corrected chi connectivity index (χ2v) is 11.1. The van der Waals surface area contributed by atoms with E-state index >= 15 is 0 Å². The third-order valence-corrected chi connectivity index (χ3v) is 7.04. The van der Waals surface area contributed by atoms with Gasteiger partial charge in [0.05, 0.1) is 19.6 Å². The minimum atomic E-state index is -0.731. The first-order valence-corrected chi connectivity index (χ1v) is 13.7. The SMILES string of the molecule is COC(=O)C[C@H](NC(=O)[C@H](CC(C)C)n1ccc(CCN(C)C)cc1=O)c1cncc(-c2c(C)cccc2C)c1. The number of methoxy groups -OCH3 is 1. The number of hydrogen-bond acceptors (Lipinski definition) is 6. The minimum absolute atomic E-state index is 0.0626. The van der Waals surface area contributed by atoms with Gasteiger partial charge in [-0.3, -0.25) is 19.4 Å². The van der Waals surface area contributed by atoms with Gasteiger partial charge in [0.1, 0.15) is 6.04 Å². The molecule has 214 valence electrons. The van der Waals surface area contributed by atoms with E-state index in [9.17, 15) is 14.4 Å². The van der Waals surface area contributed by atoms with Crippen LogP contribution in [0.25, 0.3) is 11.1 Å². The molecule has 0 aliphatic rings. The zero-order chi connectivity index (χ0) is 29.4. The molecule has 1 amide bonds. The molecule has 1 aromatic carbocycles. The van der Waals surface area contributed by atoms with E-state index in [1.54, 1.807) is 24.7 Å². The van der Waals surface area contributed by atoms with E-state index in [0.29, 0.717) is 12.0 Å². The van der Waals surface area contributed by atoms with E-state index in [1.165, 1.54) is 11.7 Å². The molecule has 40 heavy (non-hydrogen) atoms. The van der Waals surface area contributed by atoms with Crippen molar-refractivity contribution < 1.29 is 14.3 Å². The van der Waals surface area contributed by atoms with Crippen LogP contribution in [-0.4, -0.2) is 54.1 Å². The number of nitrogens with zero attached hydrogens (tertiary/aromatic N) is 3. The predicted octanol–water partition coefficient (Wildman–Crippen LogP) is 4.64. The molecular formula is C32H42N4O4. The summed E-state index contributed by atoms with van der Waals surface area (Å²) in [6.45, 7) is 8.94. The van der Waals surface area contributed by atoms with E-state index in [0.717, 1.165) is 40.8 Å². The summed E-state index contributed by atoms with van der Waals surface area (Å²) >= 11 is 0. The number of aryl methyl sites for hydroxylation is 2. The van der Waals surface area contributed by atoms with Crippen LogP contribution in [0.4, 0.5) is 0 Å². The van der Waals surface area contributed by atoms with Gasteiger partial charge in [-0.1, -0.05) is 32.0 Å². The topological polar surface area (TPSA) is 93.5 Å². The summed E-state index contributed by atoms with van der Waals surface area (Å²) in [7, 11) is 5.30. The van der Waals surface area contributed by atoms with Crippen LogP contribution in [0.3, 0.4) is 0 Å². The quantitative estimate of drug-likeness (QED) is 0.333. The first kappa shape index (κ1) is 30.8. The standard InChI is InChI=1S/C32H42N4O4/c1-21(2)15-28(36-14-12-24(16-29(36)37)11-13-35(5)6)32(39)34-27(18-30(38)40-7)25-17-26(20-33-19-25)31-22(3)9-8-10-23(31)4/h8-10,12,14,16-17,19-21,27-28H,11,13,15,18H2,1-7H3,(H,34,39)/t27-,28-/m0/s1. The summed E-state index contributed by atoms with van der Waals surface area (Å²) in [5, 5.41) is 3.05. The van der Waals surface area contributed by atoms with Crippen molar-refractivity contribution in [3.63, 3.8) is 0 Å². The van der Waals surface area contributed by atoms with Crippen molar-refractivity contribution in [1.29, 1.82) is 0 Å². The van der Waals surface area contributed by atoms with Crippen molar-refractivity contribution in [1.82, 2.24) is 19.8 Å². The molecular weight excluding hydrogens is 504 g/mol. The average molecular weight is 547 g/mol. The number of esters is 1. The molecule has 0 saturated heterocycles. The maximum absolute atomic E-state index is 13.8. The fourth-order valence-electron chi connectivity index (χ4n) is 4.91. The number of rotatable bonds is 12. The lowest BCUT2D eigenvalue weighted by Crippen LogP contribution is -2.40. The Bertz CT molecular complexity index is 1360. The number of carbonyl (C=O) groups is 2. The highest BCUT2D eigenvalue weighted by Crippen LogP contribution is 2.30. The van der Waals surface area contributed by atoms with E-state index in [-0.39, 0.29) is 23.8 Å². The third kappa shape index (κ3) is 8.11. The van der Waals surface area contributed by atoms with Crippen LogP contribution in [0.15, 0.2) is 59.8 Å². The van der Waals surface area contributed by atoms with Crippen LogP contribution in [-0.2, 0) is 20.7 Å². The second-order valence-electron chi connectivity index (χ2n) is 11.1. The first-order chi connectivity index (χ1) is 19.0. The molecule has 2 atom stereocenters. The number of carbonyl (C=O) groups excluding carboxylic acids is 2. The Balaban J connectivity index is 1.96. The van der Waals surface area contributed by atoms with Crippen LogP contribution in [0.2, 0.25) is 0 Å². The van der Waals surface area contributed by atoms with Gasteiger partial charge >= 0.3 is 5.97 Å². The Morgan fingerprint density at radius 2 is 1.77 bits per heavy atom. The Morgan fingerprint density at radius 3 is 2.38 bits per heavy atom. The van der Waals surface area contributed by atoms with Crippen LogP contribution in [0, 0.1) is 19.8 Å². The van der Waals surface area contributed by atoms with Gasteiger partial charge in [0.15, 0.2) is 0 Å². The molecule has 0 spiro atoms. The monoisotopic (exact) mass is 546 g/mol. The van der Waals surface area contributed by atoms with Gasteiger partial charge in [-0.05, 0) is 86.7 Å². The van der Waals surface area contributed by atoms with Crippen LogP contribution >= 0.6 is 0 Å². The molecule has 3 aromatic rings. The van der Waals surface area contributed by atoms with E-state index < -0.39 is 18.1 Å². The molecule has 0 fully saturated rings. The lowest BCUT2D eigenvalue weighted by Gasteiger charge is -2.25. The molecule has 8 nitrogen and oxygen atoms in total. The number of hydrogen-bond donors (Lipinski definition) is 1. The molecule has 0 aliphatic heterocycles. The summed E-state index contributed by atoms with van der Waals surface area (Å²) < 4.78 is 6.44. The highest BCUT2D eigenvalue weighted by Gasteiger charge is 2.27. The minimum Gasteiger partial charge on any atom is -0.469 e. The smallest absolute Gasteiger partial charge is 0.307 e. The Kier molecular flexibility index (Phi) is 10.8. The van der Waals surface area contributed by atoms with Crippen LogP contribution < -0.4 is 10.9 Å². The number of likely N-dealkylation sites (N-methyl/N-ethyl adjacent to an activating group) is 1. The highest BCUT2D eigenvalue weighted by atomic mass is 16.5. The van der Waals surface area contributed by atoms with Crippen molar-refractivity contribution >= 4 is 11.9 Å². The number of ether oxygens (including phenoxy) is 1. The van der Waals surface area contributed by atoms with Gasteiger partial charge in [-0.2, -0.15) is 0 Å². The molecule has 8 heteroatoms. The number of nitrogens with one attached hydrogen (secondary N) is 1. The lowest BCUT2D eigenvalue weighted by molar-refractivity contribution is -0.141.